The zero-order valence-electron chi connectivity index (χ0n) is 14.8. The minimum absolute atomic E-state index is 0.119. The first kappa shape index (κ1) is 18.8. The predicted molar refractivity (Wildman–Crippen MR) is 112 cm³/mol. The molecule has 1 aliphatic rings. The van der Waals surface area contributed by atoms with E-state index in [2.05, 4.69) is 31.4 Å². The molecule has 1 atom stereocenters. The van der Waals surface area contributed by atoms with Crippen molar-refractivity contribution in [2.75, 3.05) is 11.9 Å². The summed E-state index contributed by atoms with van der Waals surface area (Å²) in [5.41, 5.74) is 1.53. The van der Waals surface area contributed by atoms with Crippen LogP contribution in [0.15, 0.2) is 59.1 Å². The summed E-state index contributed by atoms with van der Waals surface area (Å²) in [7, 11) is 0. The highest BCUT2D eigenvalue weighted by molar-refractivity contribution is 9.10. The molecule has 1 aromatic heterocycles. The summed E-state index contributed by atoms with van der Waals surface area (Å²) in [6.45, 7) is 0.575. The van der Waals surface area contributed by atoms with Crippen LogP contribution in [0.5, 0.6) is 0 Å². The third-order valence-corrected chi connectivity index (χ3v) is 6.00. The predicted octanol–water partition coefficient (Wildman–Crippen LogP) is 4.21. The number of aromatic nitrogens is 2. The van der Waals surface area contributed by atoms with E-state index >= 15 is 0 Å². The third kappa shape index (κ3) is 3.98. The van der Waals surface area contributed by atoms with E-state index < -0.39 is 6.04 Å². The fourth-order valence-corrected chi connectivity index (χ4v) is 4.22. The summed E-state index contributed by atoms with van der Waals surface area (Å²) in [5, 5.41) is 12.2. The number of nitrogens with zero attached hydrogens (tertiary/aromatic N) is 3. The molecule has 0 spiro atoms. The lowest BCUT2D eigenvalue weighted by molar-refractivity contribution is -0.119. The highest BCUT2D eigenvalue weighted by Gasteiger charge is 2.34. The summed E-state index contributed by atoms with van der Waals surface area (Å²) < 4.78 is 0.985. The van der Waals surface area contributed by atoms with E-state index in [0.717, 1.165) is 21.5 Å². The van der Waals surface area contributed by atoms with Crippen molar-refractivity contribution in [3.05, 3.63) is 64.6 Å². The molecule has 0 bridgehead atoms. The number of hydrogen-bond donors (Lipinski definition) is 1. The number of carbonyl (C=O) groups is 2. The summed E-state index contributed by atoms with van der Waals surface area (Å²) in [6.07, 6.45) is 1.44. The minimum Gasteiger partial charge on any atom is -0.327 e. The molecule has 0 radical (unpaired) electrons. The summed E-state index contributed by atoms with van der Waals surface area (Å²) in [5.74, 6) is -0.341. The molecule has 2 heterocycles. The lowest BCUT2D eigenvalue weighted by Crippen LogP contribution is -2.43. The highest BCUT2D eigenvalue weighted by Crippen LogP contribution is 2.28. The van der Waals surface area contributed by atoms with Gasteiger partial charge in [-0.1, -0.05) is 57.6 Å². The lowest BCUT2D eigenvalue weighted by Gasteiger charge is -2.23. The quantitative estimate of drug-likeness (QED) is 0.637. The summed E-state index contributed by atoms with van der Waals surface area (Å²) in [4.78, 5) is 27.2. The Hall–Kier alpha value is -2.58. The van der Waals surface area contributed by atoms with E-state index in [-0.39, 0.29) is 11.8 Å². The maximum atomic E-state index is 12.8. The second kappa shape index (κ2) is 8.20. The van der Waals surface area contributed by atoms with Gasteiger partial charge in [-0.25, -0.2) is 0 Å². The van der Waals surface area contributed by atoms with E-state index in [9.17, 15) is 9.59 Å². The number of rotatable bonds is 4. The average Bonchev–Trinajstić information content (AvgIpc) is 3.38. The van der Waals surface area contributed by atoms with Crippen molar-refractivity contribution >= 4 is 44.2 Å². The molecule has 1 N–H and O–H groups in total. The SMILES string of the molecule is O=C(Nc1nnc(-c2ccc(Br)cc2)s1)C1CCCN1C(=O)c1ccccc1. The van der Waals surface area contributed by atoms with Crippen molar-refractivity contribution in [1.82, 2.24) is 15.1 Å². The van der Waals surface area contributed by atoms with Crippen molar-refractivity contribution in [3.63, 3.8) is 0 Å². The first-order chi connectivity index (χ1) is 13.6. The number of amides is 2. The number of hydrogen-bond acceptors (Lipinski definition) is 5. The molecular weight excluding hydrogens is 440 g/mol. The number of likely N-dealkylation sites (tertiary alicyclic amines) is 1. The van der Waals surface area contributed by atoms with Gasteiger partial charge in [0.1, 0.15) is 11.0 Å². The Morgan fingerprint density at radius 1 is 1.07 bits per heavy atom. The van der Waals surface area contributed by atoms with Crippen molar-refractivity contribution in [2.45, 2.75) is 18.9 Å². The first-order valence-electron chi connectivity index (χ1n) is 8.88. The van der Waals surface area contributed by atoms with Crippen molar-refractivity contribution in [3.8, 4) is 10.6 Å². The van der Waals surface area contributed by atoms with E-state index in [1.54, 1.807) is 17.0 Å². The number of nitrogens with one attached hydrogen (secondary N) is 1. The Labute approximate surface area is 174 Å². The van der Waals surface area contributed by atoms with Gasteiger partial charge in [0, 0.05) is 22.1 Å². The Bertz CT molecular complexity index is 991. The van der Waals surface area contributed by atoms with Crippen molar-refractivity contribution in [2.24, 2.45) is 0 Å². The zero-order chi connectivity index (χ0) is 19.5. The zero-order valence-corrected chi connectivity index (χ0v) is 17.2. The topological polar surface area (TPSA) is 75.2 Å². The van der Waals surface area contributed by atoms with Crippen LogP contribution in [-0.4, -0.2) is 39.5 Å². The second-order valence-corrected chi connectivity index (χ2v) is 8.32. The van der Waals surface area contributed by atoms with E-state index in [4.69, 9.17) is 0 Å². The van der Waals surface area contributed by atoms with Crippen LogP contribution in [-0.2, 0) is 4.79 Å². The standard InChI is InChI=1S/C20H17BrN4O2S/c21-15-10-8-13(9-11-15)18-23-24-20(28-18)22-17(26)16-7-4-12-25(16)19(27)14-5-2-1-3-6-14/h1-3,5-6,8-11,16H,4,7,12H2,(H,22,24,26). The molecule has 1 unspecified atom stereocenters. The van der Waals surface area contributed by atoms with Crippen LogP contribution in [0.2, 0.25) is 0 Å². The normalized spacial score (nSPS) is 16.2. The Kier molecular flexibility index (Phi) is 5.50. The van der Waals surface area contributed by atoms with E-state index in [1.807, 2.05) is 42.5 Å². The molecule has 1 fully saturated rings. The van der Waals surface area contributed by atoms with Crippen LogP contribution in [0.25, 0.3) is 10.6 Å². The van der Waals surface area contributed by atoms with E-state index in [1.165, 1.54) is 11.3 Å². The number of anilines is 1. The molecular formula is C20H17BrN4O2S. The monoisotopic (exact) mass is 456 g/mol. The van der Waals surface area contributed by atoms with Gasteiger partial charge in [0.05, 0.1) is 0 Å². The molecule has 0 saturated carbocycles. The van der Waals surface area contributed by atoms with Gasteiger partial charge in [0.15, 0.2) is 0 Å². The number of halogens is 1. The Morgan fingerprint density at radius 3 is 2.57 bits per heavy atom. The fraction of sp³-hybridized carbons (Fsp3) is 0.200. The molecule has 0 aliphatic carbocycles. The summed E-state index contributed by atoms with van der Waals surface area (Å²) >= 11 is 4.72. The molecule has 2 aromatic carbocycles. The molecule has 3 aromatic rings. The van der Waals surface area contributed by atoms with Crippen LogP contribution in [0, 0.1) is 0 Å². The molecule has 2 amide bonds. The van der Waals surface area contributed by atoms with Crippen molar-refractivity contribution in [1.29, 1.82) is 0 Å². The van der Waals surface area contributed by atoms with Crippen LogP contribution < -0.4 is 5.32 Å². The maximum Gasteiger partial charge on any atom is 0.254 e. The number of benzene rings is 2. The van der Waals surface area contributed by atoms with E-state index in [0.29, 0.717) is 23.7 Å². The van der Waals surface area contributed by atoms with Crippen molar-refractivity contribution < 1.29 is 9.59 Å². The van der Waals surface area contributed by atoms with Crippen LogP contribution in [0.1, 0.15) is 23.2 Å². The molecule has 28 heavy (non-hydrogen) atoms. The molecule has 8 heteroatoms. The summed E-state index contributed by atoms with van der Waals surface area (Å²) in [6, 6.07) is 16.3. The van der Waals surface area contributed by atoms with Crippen LogP contribution in [0.3, 0.4) is 0 Å². The largest absolute Gasteiger partial charge is 0.327 e. The highest BCUT2D eigenvalue weighted by atomic mass is 79.9. The first-order valence-corrected chi connectivity index (χ1v) is 10.5. The van der Waals surface area contributed by atoms with Gasteiger partial charge in [0.25, 0.3) is 5.91 Å². The van der Waals surface area contributed by atoms with Crippen LogP contribution in [0.4, 0.5) is 5.13 Å². The van der Waals surface area contributed by atoms with Gasteiger partial charge >= 0.3 is 0 Å². The average molecular weight is 457 g/mol. The van der Waals surface area contributed by atoms with Gasteiger partial charge < -0.3 is 4.90 Å². The molecule has 4 rings (SSSR count). The second-order valence-electron chi connectivity index (χ2n) is 6.43. The maximum absolute atomic E-state index is 12.8. The van der Waals surface area contributed by atoms with Crippen LogP contribution >= 0.6 is 27.3 Å². The molecule has 1 saturated heterocycles. The number of carbonyl (C=O) groups excluding carboxylic acids is 2. The molecule has 1 aliphatic heterocycles. The fourth-order valence-electron chi connectivity index (χ4n) is 3.20. The Balaban J connectivity index is 1.46. The van der Waals surface area contributed by atoms with Gasteiger partial charge in [-0.3, -0.25) is 14.9 Å². The minimum atomic E-state index is -0.493. The molecule has 142 valence electrons. The van der Waals surface area contributed by atoms with Gasteiger partial charge in [-0.05, 0) is 37.1 Å². The van der Waals surface area contributed by atoms with Gasteiger partial charge in [0.2, 0.25) is 11.0 Å². The smallest absolute Gasteiger partial charge is 0.254 e. The molecule has 6 nitrogen and oxygen atoms in total. The van der Waals surface area contributed by atoms with Gasteiger partial charge in [-0.15, -0.1) is 10.2 Å². The third-order valence-electron chi connectivity index (χ3n) is 4.58. The van der Waals surface area contributed by atoms with Gasteiger partial charge in [-0.2, -0.15) is 0 Å². The lowest BCUT2D eigenvalue weighted by atomic mass is 10.1. The Morgan fingerprint density at radius 2 is 1.82 bits per heavy atom.